The number of anilines is 1. The van der Waals surface area contributed by atoms with E-state index in [4.69, 9.17) is 15.2 Å². The first-order chi connectivity index (χ1) is 17.2. The summed E-state index contributed by atoms with van der Waals surface area (Å²) in [7, 11) is 0. The zero-order valence-corrected chi connectivity index (χ0v) is 20.1. The van der Waals surface area contributed by atoms with Crippen LogP contribution in [-0.4, -0.2) is 33.9 Å². The highest BCUT2D eigenvalue weighted by atomic mass is 16.5. The maximum atomic E-state index is 6.53. The van der Waals surface area contributed by atoms with Gasteiger partial charge in [-0.05, 0) is 37.0 Å². The highest BCUT2D eigenvalue weighted by molar-refractivity contribution is 6.06. The normalized spacial score (nSPS) is 18.3. The van der Waals surface area contributed by atoms with Gasteiger partial charge in [0, 0.05) is 17.9 Å². The maximum absolute atomic E-state index is 6.53. The van der Waals surface area contributed by atoms with Gasteiger partial charge in [-0.1, -0.05) is 67.6 Å². The van der Waals surface area contributed by atoms with E-state index in [0.717, 1.165) is 40.5 Å². The fourth-order valence-electron chi connectivity index (χ4n) is 4.77. The number of allylic oxidation sites excluding steroid dienone is 3. The summed E-state index contributed by atoms with van der Waals surface area (Å²) in [5.41, 5.74) is 8.89. The monoisotopic (exact) mass is 468 g/mol. The van der Waals surface area contributed by atoms with Crippen LogP contribution in [0.15, 0.2) is 85.2 Å². The fraction of sp³-hybridized carbons (Fsp3) is 0.310. The van der Waals surface area contributed by atoms with Crippen molar-refractivity contribution in [1.29, 1.82) is 0 Å². The molecule has 4 aromatic rings. The minimum Gasteiger partial charge on any atom is -0.494 e. The van der Waals surface area contributed by atoms with Crippen molar-refractivity contribution in [1.82, 2.24) is 14.5 Å². The number of fused-ring (bicyclic) bond motifs is 3. The first kappa shape index (κ1) is 23.1. The molecule has 1 aliphatic rings. The summed E-state index contributed by atoms with van der Waals surface area (Å²) < 4.78 is 14.5. The third-order valence-electron chi connectivity index (χ3n) is 6.64. The number of nitrogen functional groups attached to an aromatic ring is 1. The lowest BCUT2D eigenvalue weighted by molar-refractivity contribution is 0.00277. The molecule has 2 heterocycles. The molecule has 1 aliphatic carbocycles. The number of unbranched alkanes of at least 4 members (excludes halogenated alkanes) is 1. The summed E-state index contributed by atoms with van der Waals surface area (Å²) in [4.78, 5) is 9.14. The zero-order chi connectivity index (χ0) is 24.0. The average molecular weight is 469 g/mol. The van der Waals surface area contributed by atoms with E-state index in [0.29, 0.717) is 31.5 Å². The lowest BCUT2D eigenvalue weighted by atomic mass is 9.85. The van der Waals surface area contributed by atoms with Crippen LogP contribution in [0.25, 0.3) is 21.9 Å². The molecule has 6 nitrogen and oxygen atoms in total. The molecule has 0 saturated carbocycles. The summed E-state index contributed by atoms with van der Waals surface area (Å²) in [6, 6.07) is 18.0. The Kier molecular flexibility index (Phi) is 7.09. The van der Waals surface area contributed by atoms with E-state index in [-0.39, 0.29) is 12.0 Å². The largest absolute Gasteiger partial charge is 0.494 e. The molecule has 180 valence electrons. The molecule has 3 unspecified atom stereocenters. The second-order valence-electron chi connectivity index (χ2n) is 9.09. The molecule has 5 rings (SSSR count). The fourth-order valence-corrected chi connectivity index (χ4v) is 4.77. The second-order valence-corrected chi connectivity index (χ2v) is 9.09. The van der Waals surface area contributed by atoms with Crippen molar-refractivity contribution < 1.29 is 9.47 Å². The molecule has 0 amide bonds. The van der Waals surface area contributed by atoms with Crippen LogP contribution in [0.4, 0.5) is 5.82 Å². The van der Waals surface area contributed by atoms with E-state index in [1.54, 1.807) is 0 Å². The molecule has 35 heavy (non-hydrogen) atoms. The van der Waals surface area contributed by atoms with Crippen molar-refractivity contribution in [2.75, 3.05) is 18.9 Å². The quantitative estimate of drug-likeness (QED) is 0.298. The highest BCUT2D eigenvalue weighted by Crippen LogP contribution is 2.30. The Morgan fingerprint density at radius 2 is 1.74 bits per heavy atom. The van der Waals surface area contributed by atoms with Gasteiger partial charge in [0.05, 0.1) is 36.6 Å². The van der Waals surface area contributed by atoms with Gasteiger partial charge in [-0.3, -0.25) is 0 Å². The van der Waals surface area contributed by atoms with Crippen LogP contribution in [0.2, 0.25) is 0 Å². The number of rotatable bonds is 10. The Hall–Kier alpha value is -3.64. The Bertz CT molecular complexity index is 1330. The molecule has 3 atom stereocenters. The van der Waals surface area contributed by atoms with Crippen molar-refractivity contribution in [2.24, 2.45) is 11.8 Å². The molecule has 6 heteroatoms. The van der Waals surface area contributed by atoms with Crippen molar-refractivity contribution in [2.45, 2.75) is 32.4 Å². The minimum atomic E-state index is 0.00629. The Balaban J connectivity index is 1.30. The van der Waals surface area contributed by atoms with E-state index in [1.807, 2.05) is 54.9 Å². The molecular weight excluding hydrogens is 436 g/mol. The van der Waals surface area contributed by atoms with Crippen LogP contribution in [0.1, 0.15) is 19.8 Å². The lowest BCUT2D eigenvalue weighted by Crippen LogP contribution is -2.32. The molecule has 0 bridgehead atoms. The van der Waals surface area contributed by atoms with Gasteiger partial charge in [0.25, 0.3) is 0 Å². The molecular formula is C29H32N4O2. The number of para-hydroxylation sites is 2. The zero-order valence-electron chi connectivity index (χ0n) is 20.1. The lowest BCUT2D eigenvalue weighted by Gasteiger charge is -2.30. The van der Waals surface area contributed by atoms with Crippen molar-refractivity contribution in [3.8, 4) is 5.75 Å². The molecule has 0 fully saturated rings. The topological polar surface area (TPSA) is 75.2 Å². The number of hydrogen-bond acceptors (Lipinski definition) is 5. The molecule has 2 aromatic heterocycles. The standard InChI is InChI=1S/C29H32N4O2/c1-21-11-5-6-14-23(21)26(35-18-10-9-17-34-22-12-3-2-4-13-22)19-33-20-31-27-28(33)24-15-7-8-16-25(24)32-29(27)30/h2-8,11-16,20-21,23,26H,9-10,17-19H2,1H3,(H2,30,32). The number of nitrogens with two attached hydrogens (primary N) is 1. The third kappa shape index (κ3) is 5.23. The number of nitrogens with zero attached hydrogens (tertiary/aromatic N) is 3. The van der Waals surface area contributed by atoms with E-state index in [1.165, 1.54) is 0 Å². The predicted octanol–water partition coefficient (Wildman–Crippen LogP) is 5.79. The summed E-state index contributed by atoms with van der Waals surface area (Å²) in [6.45, 7) is 4.31. The predicted molar refractivity (Wildman–Crippen MR) is 141 cm³/mol. The van der Waals surface area contributed by atoms with Gasteiger partial charge < -0.3 is 19.8 Å². The number of hydrogen-bond donors (Lipinski definition) is 1. The van der Waals surface area contributed by atoms with Crippen LogP contribution in [0.5, 0.6) is 5.75 Å². The summed E-state index contributed by atoms with van der Waals surface area (Å²) in [5.74, 6) is 2.04. The summed E-state index contributed by atoms with van der Waals surface area (Å²) >= 11 is 0. The third-order valence-corrected chi connectivity index (χ3v) is 6.64. The number of ether oxygens (including phenoxy) is 2. The Labute approximate surface area is 206 Å². The van der Waals surface area contributed by atoms with Gasteiger partial charge in [0.2, 0.25) is 0 Å². The van der Waals surface area contributed by atoms with Crippen molar-refractivity contribution in [3.63, 3.8) is 0 Å². The summed E-state index contributed by atoms with van der Waals surface area (Å²) in [5, 5.41) is 1.05. The number of aromatic nitrogens is 3. The average Bonchev–Trinajstić information content (AvgIpc) is 3.31. The molecule has 0 radical (unpaired) electrons. The van der Waals surface area contributed by atoms with E-state index < -0.39 is 0 Å². The first-order valence-electron chi connectivity index (χ1n) is 12.3. The van der Waals surface area contributed by atoms with Gasteiger partial charge in [-0.2, -0.15) is 0 Å². The van der Waals surface area contributed by atoms with Gasteiger partial charge in [0.15, 0.2) is 5.82 Å². The van der Waals surface area contributed by atoms with Gasteiger partial charge in [-0.25, -0.2) is 9.97 Å². The maximum Gasteiger partial charge on any atom is 0.152 e. The van der Waals surface area contributed by atoms with E-state index in [2.05, 4.69) is 51.8 Å². The van der Waals surface area contributed by atoms with E-state index >= 15 is 0 Å². The van der Waals surface area contributed by atoms with Crippen LogP contribution >= 0.6 is 0 Å². The smallest absolute Gasteiger partial charge is 0.152 e. The number of pyridine rings is 1. The minimum absolute atomic E-state index is 0.00629. The molecule has 0 spiro atoms. The molecule has 2 aromatic carbocycles. The number of imidazole rings is 1. The highest BCUT2D eigenvalue weighted by Gasteiger charge is 2.27. The van der Waals surface area contributed by atoms with Crippen LogP contribution in [0, 0.1) is 11.8 Å². The van der Waals surface area contributed by atoms with E-state index in [9.17, 15) is 0 Å². The SMILES string of the molecule is CC1C=CC=CC1C(Cn1cnc2c(N)nc3ccccc3c21)OCCCCOc1ccccc1. The Morgan fingerprint density at radius 3 is 2.60 bits per heavy atom. The Morgan fingerprint density at radius 1 is 0.971 bits per heavy atom. The van der Waals surface area contributed by atoms with Crippen molar-refractivity contribution in [3.05, 3.63) is 85.2 Å². The first-order valence-corrected chi connectivity index (χ1v) is 12.3. The van der Waals surface area contributed by atoms with Gasteiger partial charge in [-0.15, -0.1) is 0 Å². The molecule has 0 saturated heterocycles. The van der Waals surface area contributed by atoms with Crippen molar-refractivity contribution >= 4 is 27.8 Å². The molecule has 2 N–H and O–H groups in total. The molecule has 0 aliphatic heterocycles. The van der Waals surface area contributed by atoms with Crippen LogP contribution in [-0.2, 0) is 11.3 Å². The number of benzene rings is 2. The van der Waals surface area contributed by atoms with Gasteiger partial charge in [0.1, 0.15) is 11.3 Å². The van der Waals surface area contributed by atoms with Crippen LogP contribution < -0.4 is 10.5 Å². The second kappa shape index (κ2) is 10.7. The van der Waals surface area contributed by atoms with Gasteiger partial charge >= 0.3 is 0 Å². The van der Waals surface area contributed by atoms with Crippen LogP contribution in [0.3, 0.4) is 0 Å². The summed E-state index contributed by atoms with van der Waals surface area (Å²) in [6.07, 6.45) is 12.5.